The molecule has 1 aromatic heterocycles. The van der Waals surface area contributed by atoms with Crippen LogP contribution in [0.25, 0.3) is 0 Å². The molecule has 7 nitrogen and oxygen atoms in total. The minimum absolute atomic E-state index is 0. The summed E-state index contributed by atoms with van der Waals surface area (Å²) in [6.07, 6.45) is 5.98. The van der Waals surface area contributed by atoms with Gasteiger partial charge in [-0.3, -0.25) is 4.99 Å². The van der Waals surface area contributed by atoms with Crippen LogP contribution < -0.4 is 10.6 Å². The van der Waals surface area contributed by atoms with Gasteiger partial charge >= 0.3 is 6.09 Å². The summed E-state index contributed by atoms with van der Waals surface area (Å²) in [6.45, 7) is 12.5. The van der Waals surface area contributed by atoms with E-state index < -0.39 is 5.60 Å². The van der Waals surface area contributed by atoms with Crippen molar-refractivity contribution in [2.75, 3.05) is 32.7 Å². The number of rotatable bonds is 6. The largest absolute Gasteiger partial charge is 0.444 e. The van der Waals surface area contributed by atoms with Crippen molar-refractivity contribution in [3.05, 3.63) is 24.5 Å². The Morgan fingerprint density at radius 3 is 2.61 bits per heavy atom. The summed E-state index contributed by atoms with van der Waals surface area (Å²) >= 11 is 0. The molecule has 0 aromatic carbocycles. The number of likely N-dealkylation sites (tertiary alicyclic amines) is 1. The molecule has 2 N–H and O–H groups in total. The number of aliphatic imine (C=N–C) groups is 1. The van der Waals surface area contributed by atoms with Gasteiger partial charge in [0.05, 0.1) is 0 Å². The van der Waals surface area contributed by atoms with Crippen LogP contribution in [0.5, 0.6) is 0 Å². The zero-order chi connectivity index (χ0) is 19.7. The Hall–Kier alpha value is -1.45. The second-order valence-corrected chi connectivity index (χ2v) is 8.00. The van der Waals surface area contributed by atoms with Crippen molar-refractivity contribution in [1.29, 1.82) is 0 Å². The summed E-state index contributed by atoms with van der Waals surface area (Å²) in [7, 11) is 0. The maximum absolute atomic E-state index is 12.3. The van der Waals surface area contributed by atoms with Gasteiger partial charge in [-0.05, 0) is 58.6 Å². The number of carbonyl (C=O) groups excluding carboxylic acids is 1. The van der Waals surface area contributed by atoms with Gasteiger partial charge in [0.15, 0.2) is 5.96 Å². The Labute approximate surface area is 186 Å². The van der Waals surface area contributed by atoms with Crippen molar-refractivity contribution in [2.45, 2.75) is 52.7 Å². The highest BCUT2D eigenvalue weighted by Crippen LogP contribution is 2.19. The molecule has 0 aliphatic carbocycles. The molecule has 1 aromatic rings. The molecule has 0 bridgehead atoms. The van der Waals surface area contributed by atoms with Crippen molar-refractivity contribution in [3.63, 3.8) is 0 Å². The van der Waals surface area contributed by atoms with Gasteiger partial charge in [0.1, 0.15) is 5.60 Å². The number of hydrogen-bond donors (Lipinski definition) is 2. The molecule has 1 atom stereocenters. The van der Waals surface area contributed by atoms with Crippen LogP contribution in [0, 0.1) is 5.92 Å². The summed E-state index contributed by atoms with van der Waals surface area (Å²) in [5.41, 5.74) is -0.454. The average molecular weight is 505 g/mol. The Morgan fingerprint density at radius 1 is 1.25 bits per heavy atom. The van der Waals surface area contributed by atoms with Crippen LogP contribution in [-0.2, 0) is 11.3 Å². The average Bonchev–Trinajstić information content (AvgIpc) is 3.12. The van der Waals surface area contributed by atoms with Gasteiger partial charge in [0.25, 0.3) is 0 Å². The van der Waals surface area contributed by atoms with Crippen molar-refractivity contribution in [3.8, 4) is 0 Å². The predicted octanol–water partition coefficient (Wildman–Crippen LogP) is 3.31. The number of halogens is 1. The van der Waals surface area contributed by atoms with Gasteiger partial charge in [-0.15, -0.1) is 24.0 Å². The first-order valence-corrected chi connectivity index (χ1v) is 9.98. The van der Waals surface area contributed by atoms with Crippen molar-refractivity contribution >= 4 is 36.0 Å². The van der Waals surface area contributed by atoms with E-state index in [1.807, 2.05) is 37.8 Å². The fourth-order valence-corrected chi connectivity index (χ4v) is 3.09. The Kier molecular flexibility index (Phi) is 10.7. The first-order chi connectivity index (χ1) is 12.9. The van der Waals surface area contributed by atoms with E-state index in [0.29, 0.717) is 19.0 Å². The third-order valence-electron chi connectivity index (χ3n) is 4.35. The molecule has 2 heterocycles. The summed E-state index contributed by atoms with van der Waals surface area (Å²) in [5.74, 6) is 1.20. The quantitative estimate of drug-likeness (QED) is 0.354. The van der Waals surface area contributed by atoms with Crippen LogP contribution in [-0.4, -0.2) is 59.8 Å². The van der Waals surface area contributed by atoms with E-state index in [1.54, 1.807) is 0 Å². The number of piperidine rings is 1. The fourth-order valence-electron chi connectivity index (χ4n) is 3.09. The van der Waals surface area contributed by atoms with E-state index in [4.69, 9.17) is 9.73 Å². The number of ether oxygens (including phenoxy) is 1. The topological polar surface area (TPSA) is 70.9 Å². The molecular formula is C20H36IN5O2. The maximum atomic E-state index is 12.3. The first kappa shape index (κ1) is 24.6. The Morgan fingerprint density at radius 2 is 1.96 bits per heavy atom. The molecule has 0 radical (unpaired) electrons. The van der Waals surface area contributed by atoms with Crippen molar-refractivity contribution in [2.24, 2.45) is 10.9 Å². The molecule has 1 amide bonds. The van der Waals surface area contributed by atoms with Crippen LogP contribution in [0.4, 0.5) is 4.79 Å². The summed E-state index contributed by atoms with van der Waals surface area (Å²) in [4.78, 5) is 18.8. The molecule has 0 spiro atoms. The van der Waals surface area contributed by atoms with Crippen LogP contribution >= 0.6 is 24.0 Å². The lowest BCUT2D eigenvalue weighted by Gasteiger charge is -2.33. The third-order valence-corrected chi connectivity index (χ3v) is 4.35. The zero-order valence-corrected chi connectivity index (χ0v) is 19.9. The second-order valence-electron chi connectivity index (χ2n) is 8.00. The van der Waals surface area contributed by atoms with Gasteiger partial charge in [-0.1, -0.05) is 0 Å². The molecule has 2 rings (SSSR count). The normalized spacial score (nSPS) is 17.6. The molecule has 1 aliphatic rings. The monoisotopic (exact) mass is 505 g/mol. The second kappa shape index (κ2) is 12.2. The summed E-state index contributed by atoms with van der Waals surface area (Å²) in [5, 5.41) is 6.67. The van der Waals surface area contributed by atoms with Crippen molar-refractivity contribution in [1.82, 2.24) is 20.1 Å². The number of aromatic nitrogens is 1. The molecule has 0 saturated carbocycles. The highest BCUT2D eigenvalue weighted by molar-refractivity contribution is 14.0. The van der Waals surface area contributed by atoms with Gasteiger partial charge in [0.2, 0.25) is 0 Å². The van der Waals surface area contributed by atoms with E-state index in [2.05, 4.69) is 34.5 Å². The maximum Gasteiger partial charge on any atom is 0.410 e. The highest BCUT2D eigenvalue weighted by atomic mass is 127. The lowest BCUT2D eigenvalue weighted by Crippen LogP contribution is -2.44. The molecule has 28 heavy (non-hydrogen) atoms. The molecule has 8 heteroatoms. The van der Waals surface area contributed by atoms with E-state index in [1.165, 1.54) is 0 Å². The Bertz CT molecular complexity index is 598. The fraction of sp³-hybridized carbons (Fsp3) is 0.700. The minimum atomic E-state index is -0.454. The standard InChI is InChI=1S/C20H35N5O2.HI/c1-5-21-18(22-10-14-24-11-6-7-12-24)23-15-17-9-8-13-25(16-17)19(26)27-20(2,3)4;/h6-7,11-12,17H,5,8-10,13-16H2,1-4H3,(H2,21,22,23);1H. The SMILES string of the molecule is CCNC(=NCC1CCCN(C(=O)OC(C)(C)C)C1)NCCn1cccc1.I. The zero-order valence-electron chi connectivity index (χ0n) is 17.6. The molecule has 1 aliphatic heterocycles. The Balaban J connectivity index is 0.00000392. The smallest absolute Gasteiger partial charge is 0.410 e. The summed E-state index contributed by atoms with van der Waals surface area (Å²) in [6, 6.07) is 4.05. The van der Waals surface area contributed by atoms with Gasteiger partial charge < -0.3 is 24.8 Å². The van der Waals surface area contributed by atoms with E-state index in [0.717, 1.165) is 45.0 Å². The van der Waals surface area contributed by atoms with E-state index >= 15 is 0 Å². The molecule has 1 unspecified atom stereocenters. The highest BCUT2D eigenvalue weighted by Gasteiger charge is 2.27. The van der Waals surface area contributed by atoms with Gasteiger partial charge in [0, 0.05) is 51.7 Å². The number of hydrogen-bond acceptors (Lipinski definition) is 3. The molecular weight excluding hydrogens is 469 g/mol. The molecule has 1 saturated heterocycles. The predicted molar refractivity (Wildman–Crippen MR) is 124 cm³/mol. The molecule has 1 fully saturated rings. The van der Waals surface area contributed by atoms with Gasteiger partial charge in [-0.25, -0.2) is 4.79 Å². The van der Waals surface area contributed by atoms with Crippen LogP contribution in [0.1, 0.15) is 40.5 Å². The number of nitrogens with one attached hydrogen (secondary N) is 2. The van der Waals surface area contributed by atoms with Gasteiger partial charge in [-0.2, -0.15) is 0 Å². The van der Waals surface area contributed by atoms with E-state index in [-0.39, 0.29) is 30.1 Å². The number of carbonyl (C=O) groups is 1. The van der Waals surface area contributed by atoms with Crippen LogP contribution in [0.2, 0.25) is 0 Å². The van der Waals surface area contributed by atoms with Crippen molar-refractivity contribution < 1.29 is 9.53 Å². The number of guanidine groups is 1. The lowest BCUT2D eigenvalue weighted by atomic mass is 9.98. The van der Waals surface area contributed by atoms with Crippen LogP contribution in [0.15, 0.2) is 29.5 Å². The first-order valence-electron chi connectivity index (χ1n) is 9.98. The lowest BCUT2D eigenvalue weighted by molar-refractivity contribution is 0.0170. The number of amides is 1. The molecule has 160 valence electrons. The minimum Gasteiger partial charge on any atom is -0.444 e. The van der Waals surface area contributed by atoms with Crippen LogP contribution in [0.3, 0.4) is 0 Å². The summed E-state index contributed by atoms with van der Waals surface area (Å²) < 4.78 is 7.64. The third kappa shape index (κ3) is 9.16. The van der Waals surface area contributed by atoms with E-state index in [9.17, 15) is 4.79 Å². The number of nitrogens with zero attached hydrogens (tertiary/aromatic N) is 3.